The molecule has 1 aliphatic rings. The smallest absolute Gasteiger partial charge is 0.297 e. The van der Waals surface area contributed by atoms with Gasteiger partial charge in [-0.05, 0) is 44.5 Å². The van der Waals surface area contributed by atoms with E-state index >= 15 is 0 Å². The highest BCUT2D eigenvalue weighted by atomic mass is 32.2. The molecule has 3 rings (SSSR count). The average molecular weight is 457 g/mol. The van der Waals surface area contributed by atoms with Crippen molar-refractivity contribution in [2.45, 2.75) is 55.0 Å². The number of hydrogen-bond acceptors (Lipinski definition) is 8. The molecule has 0 unspecified atom stereocenters. The predicted molar refractivity (Wildman–Crippen MR) is 108 cm³/mol. The molecule has 1 fully saturated rings. The van der Waals surface area contributed by atoms with Crippen LogP contribution in [-0.4, -0.2) is 47.0 Å². The number of benzene rings is 2. The zero-order valence-electron chi connectivity index (χ0n) is 16.6. The molecule has 0 aromatic heterocycles. The van der Waals surface area contributed by atoms with E-state index in [0.29, 0.717) is 0 Å². The van der Waals surface area contributed by atoms with E-state index in [9.17, 15) is 21.9 Å². The molecular weight excluding hydrogens is 432 g/mol. The standard InChI is InChI=1S/C20H24O8S2/c1-14-3-7-16(8-4-14)29(22,23)26-13-19-18(11-12-20(21)27-19)28-30(24,25)17-9-5-15(2)6-10-17/h3-10,18-21H,11-13H2,1-2H3/t18-,19+,20-/m0/s1. The van der Waals surface area contributed by atoms with Gasteiger partial charge >= 0.3 is 0 Å². The number of hydrogen-bond donors (Lipinski definition) is 1. The molecule has 0 amide bonds. The Morgan fingerprint density at radius 3 is 1.90 bits per heavy atom. The van der Waals surface area contributed by atoms with Gasteiger partial charge in [-0.15, -0.1) is 0 Å². The molecule has 30 heavy (non-hydrogen) atoms. The van der Waals surface area contributed by atoms with Crippen molar-refractivity contribution >= 4 is 20.2 Å². The Morgan fingerprint density at radius 1 is 0.867 bits per heavy atom. The fraction of sp³-hybridized carbons (Fsp3) is 0.400. The first-order valence-corrected chi connectivity index (χ1v) is 12.2. The molecule has 1 saturated heterocycles. The highest BCUT2D eigenvalue weighted by molar-refractivity contribution is 7.87. The van der Waals surface area contributed by atoms with Gasteiger partial charge in [0.05, 0.1) is 16.4 Å². The van der Waals surface area contributed by atoms with Gasteiger partial charge in [-0.1, -0.05) is 35.4 Å². The van der Waals surface area contributed by atoms with Gasteiger partial charge in [-0.3, -0.25) is 8.37 Å². The topological polar surface area (TPSA) is 116 Å². The van der Waals surface area contributed by atoms with Gasteiger partial charge < -0.3 is 9.84 Å². The van der Waals surface area contributed by atoms with Crippen molar-refractivity contribution in [1.29, 1.82) is 0 Å². The lowest BCUT2D eigenvalue weighted by Crippen LogP contribution is -2.44. The highest BCUT2D eigenvalue weighted by Gasteiger charge is 2.36. The van der Waals surface area contributed by atoms with Crippen molar-refractivity contribution in [2.24, 2.45) is 0 Å². The third-order valence-corrected chi connectivity index (χ3v) is 7.35. The second-order valence-electron chi connectivity index (χ2n) is 7.16. The number of rotatable bonds is 7. The van der Waals surface area contributed by atoms with Crippen molar-refractivity contribution in [3.63, 3.8) is 0 Å². The minimum Gasteiger partial charge on any atom is -0.368 e. The summed E-state index contributed by atoms with van der Waals surface area (Å²) in [6.07, 6.45) is -2.95. The lowest BCUT2D eigenvalue weighted by Gasteiger charge is -2.33. The van der Waals surface area contributed by atoms with E-state index in [4.69, 9.17) is 13.1 Å². The van der Waals surface area contributed by atoms with Crippen molar-refractivity contribution in [2.75, 3.05) is 6.61 Å². The van der Waals surface area contributed by atoms with Crippen LogP contribution in [0.25, 0.3) is 0 Å². The van der Waals surface area contributed by atoms with Gasteiger partial charge in [-0.2, -0.15) is 16.8 Å². The maximum atomic E-state index is 12.6. The second kappa shape index (κ2) is 9.13. The maximum Gasteiger partial charge on any atom is 0.297 e. The van der Waals surface area contributed by atoms with E-state index in [0.717, 1.165) is 11.1 Å². The Hall–Kier alpha value is -1.82. The van der Waals surface area contributed by atoms with Gasteiger partial charge in [-0.25, -0.2) is 0 Å². The van der Waals surface area contributed by atoms with E-state index in [1.54, 1.807) is 24.3 Å². The third-order valence-electron chi connectivity index (χ3n) is 4.70. The molecule has 1 N–H and O–H groups in total. The minimum atomic E-state index is -4.10. The highest BCUT2D eigenvalue weighted by Crippen LogP contribution is 2.26. The summed E-state index contributed by atoms with van der Waals surface area (Å²) in [7, 11) is -8.19. The molecule has 8 nitrogen and oxygen atoms in total. The first-order valence-electron chi connectivity index (χ1n) is 9.36. The first kappa shape index (κ1) is 22.9. The molecule has 0 spiro atoms. The largest absolute Gasteiger partial charge is 0.368 e. The molecule has 0 saturated carbocycles. The van der Waals surface area contributed by atoms with Crippen molar-refractivity contribution < 1.29 is 35.0 Å². The van der Waals surface area contributed by atoms with Gasteiger partial charge in [0.15, 0.2) is 6.29 Å². The van der Waals surface area contributed by atoms with Gasteiger partial charge in [0.25, 0.3) is 20.2 Å². The molecule has 1 heterocycles. The van der Waals surface area contributed by atoms with Crippen LogP contribution < -0.4 is 0 Å². The zero-order valence-corrected chi connectivity index (χ0v) is 18.2. The Balaban J connectivity index is 1.73. The SMILES string of the molecule is Cc1ccc(S(=O)(=O)OC[C@H]2O[C@H](O)CC[C@@H]2OS(=O)(=O)c2ccc(C)cc2)cc1. The van der Waals surface area contributed by atoms with Gasteiger partial charge in [0.1, 0.15) is 12.2 Å². The molecular formula is C20H24O8S2. The van der Waals surface area contributed by atoms with E-state index < -0.39 is 45.3 Å². The van der Waals surface area contributed by atoms with Crippen molar-refractivity contribution in [1.82, 2.24) is 0 Å². The van der Waals surface area contributed by atoms with Crippen LogP contribution in [-0.2, 0) is 33.3 Å². The predicted octanol–water partition coefficient (Wildman–Crippen LogP) is 2.28. The quantitative estimate of drug-likeness (QED) is 0.631. The van der Waals surface area contributed by atoms with Gasteiger partial charge in [0.2, 0.25) is 0 Å². The fourth-order valence-electron chi connectivity index (χ4n) is 2.96. The summed E-state index contributed by atoms with van der Waals surface area (Å²) in [6, 6.07) is 12.2. The summed E-state index contributed by atoms with van der Waals surface area (Å²) < 4.78 is 65.7. The van der Waals surface area contributed by atoms with Crippen LogP contribution in [0.5, 0.6) is 0 Å². The number of aliphatic hydroxyl groups excluding tert-OH is 1. The summed E-state index contributed by atoms with van der Waals surface area (Å²) in [6.45, 7) is 3.15. The van der Waals surface area contributed by atoms with Crippen molar-refractivity contribution in [3.8, 4) is 0 Å². The second-order valence-corrected chi connectivity index (χ2v) is 10.3. The fourth-order valence-corrected chi connectivity index (χ4v) is 5.00. The van der Waals surface area contributed by atoms with E-state index in [1.807, 2.05) is 13.8 Å². The molecule has 0 radical (unpaired) electrons. The van der Waals surface area contributed by atoms with Crippen LogP contribution in [0.3, 0.4) is 0 Å². The van der Waals surface area contributed by atoms with Crippen LogP contribution in [0.15, 0.2) is 58.3 Å². The summed E-state index contributed by atoms with van der Waals surface area (Å²) in [5.41, 5.74) is 1.79. The Bertz CT molecular complexity index is 1060. The summed E-state index contributed by atoms with van der Waals surface area (Å²) >= 11 is 0. The molecule has 3 atom stereocenters. The molecule has 0 aliphatic carbocycles. The van der Waals surface area contributed by atoms with E-state index in [-0.39, 0.29) is 22.6 Å². The molecule has 10 heteroatoms. The molecule has 2 aromatic rings. The third kappa shape index (κ3) is 5.65. The van der Waals surface area contributed by atoms with Crippen LogP contribution in [0.1, 0.15) is 24.0 Å². The monoisotopic (exact) mass is 456 g/mol. The molecule has 2 aromatic carbocycles. The van der Waals surface area contributed by atoms with E-state index in [1.165, 1.54) is 24.3 Å². The van der Waals surface area contributed by atoms with Crippen LogP contribution in [0, 0.1) is 13.8 Å². The summed E-state index contributed by atoms with van der Waals surface area (Å²) in [4.78, 5) is -0.0552. The zero-order chi connectivity index (χ0) is 21.9. The molecule has 1 aliphatic heterocycles. The summed E-state index contributed by atoms with van der Waals surface area (Å²) in [5.74, 6) is 0. The van der Waals surface area contributed by atoms with Crippen LogP contribution in [0.4, 0.5) is 0 Å². The van der Waals surface area contributed by atoms with Crippen LogP contribution in [0.2, 0.25) is 0 Å². The minimum absolute atomic E-state index is 0.0221. The number of aryl methyl sites for hydroxylation is 2. The Morgan fingerprint density at radius 2 is 1.37 bits per heavy atom. The average Bonchev–Trinajstić information content (AvgIpc) is 2.69. The Labute approximate surface area is 176 Å². The maximum absolute atomic E-state index is 12.6. The normalized spacial score (nSPS) is 22.7. The first-order chi connectivity index (χ1) is 14.1. The van der Waals surface area contributed by atoms with Crippen LogP contribution >= 0.6 is 0 Å². The molecule has 0 bridgehead atoms. The van der Waals surface area contributed by atoms with E-state index in [2.05, 4.69) is 0 Å². The lowest BCUT2D eigenvalue weighted by molar-refractivity contribution is -0.199. The summed E-state index contributed by atoms with van der Waals surface area (Å²) in [5, 5.41) is 9.79. The van der Waals surface area contributed by atoms with Gasteiger partial charge in [0, 0.05) is 6.42 Å². The Kier molecular flexibility index (Phi) is 6.95. The lowest BCUT2D eigenvalue weighted by atomic mass is 10.1. The number of ether oxygens (including phenoxy) is 1. The molecule has 164 valence electrons. The number of aliphatic hydroxyl groups is 1. The van der Waals surface area contributed by atoms with Crippen molar-refractivity contribution in [3.05, 3.63) is 59.7 Å².